The summed E-state index contributed by atoms with van der Waals surface area (Å²) in [6, 6.07) is 16.9. The van der Waals surface area contributed by atoms with E-state index >= 15 is 0 Å². The summed E-state index contributed by atoms with van der Waals surface area (Å²) in [5.74, 6) is -0.818. The van der Waals surface area contributed by atoms with Gasteiger partial charge < -0.3 is 0 Å². The second-order valence-electron chi connectivity index (χ2n) is 6.07. The van der Waals surface area contributed by atoms with Crippen LogP contribution < -0.4 is 0 Å². The molecular weight excluding hydrogens is 286 g/mol. The Morgan fingerprint density at radius 1 is 0.913 bits per heavy atom. The maximum Gasteiger partial charge on any atom is 0.174 e. The van der Waals surface area contributed by atoms with E-state index in [9.17, 15) is 9.59 Å². The van der Waals surface area contributed by atoms with Crippen molar-refractivity contribution < 1.29 is 9.59 Å². The Labute approximate surface area is 136 Å². The van der Waals surface area contributed by atoms with E-state index in [2.05, 4.69) is 4.99 Å². The van der Waals surface area contributed by atoms with Crippen molar-refractivity contribution in [3.8, 4) is 0 Å². The third-order valence-electron chi connectivity index (χ3n) is 4.01. The van der Waals surface area contributed by atoms with Gasteiger partial charge in [-0.25, -0.2) is 0 Å². The number of fused-ring (bicyclic) bond motifs is 1. The summed E-state index contributed by atoms with van der Waals surface area (Å²) >= 11 is 0. The van der Waals surface area contributed by atoms with Gasteiger partial charge in [-0.1, -0.05) is 54.6 Å². The van der Waals surface area contributed by atoms with E-state index in [1.54, 1.807) is 24.3 Å². The number of carbonyl (C=O) groups excluding carboxylic acids is 2. The minimum Gasteiger partial charge on any atom is -0.293 e. The molecule has 2 aromatic rings. The van der Waals surface area contributed by atoms with Crippen LogP contribution in [0.4, 0.5) is 0 Å². The molecule has 0 N–H and O–H groups in total. The lowest BCUT2D eigenvalue weighted by molar-refractivity contribution is 0.0843. The van der Waals surface area contributed by atoms with E-state index in [1.165, 1.54) is 0 Å². The number of Topliss-reactive ketones (excluding diaryl/α,β-unsaturated/α-hetero) is 2. The van der Waals surface area contributed by atoms with Gasteiger partial charge in [0.1, 0.15) is 0 Å². The Morgan fingerprint density at radius 2 is 1.43 bits per heavy atom. The summed E-state index contributed by atoms with van der Waals surface area (Å²) in [6.07, 6.45) is 0.356. The summed E-state index contributed by atoms with van der Waals surface area (Å²) in [7, 11) is 0. The molecule has 1 aliphatic carbocycles. The monoisotopic (exact) mass is 305 g/mol. The van der Waals surface area contributed by atoms with E-state index in [0.717, 1.165) is 11.3 Å². The van der Waals surface area contributed by atoms with Gasteiger partial charge in [0.05, 0.1) is 5.92 Å². The number of ketones is 2. The van der Waals surface area contributed by atoms with Gasteiger partial charge in [0, 0.05) is 29.3 Å². The summed E-state index contributed by atoms with van der Waals surface area (Å²) in [4.78, 5) is 29.8. The predicted octanol–water partition coefficient (Wildman–Crippen LogP) is 3.97. The van der Waals surface area contributed by atoms with Crippen molar-refractivity contribution in [1.29, 1.82) is 0 Å². The molecule has 0 saturated heterocycles. The topological polar surface area (TPSA) is 46.5 Å². The lowest BCUT2D eigenvalue weighted by Gasteiger charge is -2.12. The van der Waals surface area contributed by atoms with Crippen LogP contribution in [0, 0.1) is 5.92 Å². The van der Waals surface area contributed by atoms with Gasteiger partial charge in [0.2, 0.25) is 0 Å². The largest absolute Gasteiger partial charge is 0.293 e. The molecule has 0 amide bonds. The Hall–Kier alpha value is -2.55. The molecule has 0 fully saturated rings. The molecule has 0 saturated carbocycles. The SMILES string of the molecule is CC(C)N=C(CC1C(=O)c2ccccc2C1=O)c1ccccc1. The maximum atomic E-state index is 12.6. The standard InChI is InChI=1S/C20H19NO2/c1-13(2)21-18(14-8-4-3-5-9-14)12-17-19(22)15-10-6-7-11-16(15)20(17)23/h3-11,13,17H,12H2,1-2H3. The molecule has 0 heterocycles. The normalized spacial score (nSPS) is 15.3. The van der Waals surface area contributed by atoms with Crippen molar-refractivity contribution in [2.24, 2.45) is 10.9 Å². The average Bonchev–Trinajstić information content (AvgIpc) is 2.80. The third-order valence-corrected chi connectivity index (χ3v) is 4.01. The number of hydrogen-bond acceptors (Lipinski definition) is 3. The van der Waals surface area contributed by atoms with Crippen LogP contribution >= 0.6 is 0 Å². The molecule has 3 rings (SSSR count). The van der Waals surface area contributed by atoms with Gasteiger partial charge in [-0.05, 0) is 19.4 Å². The van der Waals surface area contributed by atoms with Crippen LogP contribution in [-0.4, -0.2) is 23.3 Å². The molecule has 0 bridgehead atoms. The Kier molecular flexibility index (Phi) is 4.20. The van der Waals surface area contributed by atoms with E-state index in [4.69, 9.17) is 0 Å². The molecule has 3 heteroatoms. The van der Waals surface area contributed by atoms with Gasteiger partial charge in [-0.3, -0.25) is 14.6 Å². The predicted molar refractivity (Wildman–Crippen MR) is 91.3 cm³/mol. The summed E-state index contributed by atoms with van der Waals surface area (Å²) < 4.78 is 0. The van der Waals surface area contributed by atoms with E-state index in [0.29, 0.717) is 17.5 Å². The Balaban J connectivity index is 1.94. The highest BCUT2D eigenvalue weighted by atomic mass is 16.2. The highest BCUT2D eigenvalue weighted by Crippen LogP contribution is 2.30. The second kappa shape index (κ2) is 6.29. The first kappa shape index (κ1) is 15.3. The zero-order valence-corrected chi connectivity index (χ0v) is 13.3. The van der Waals surface area contributed by atoms with Gasteiger partial charge in [0.15, 0.2) is 11.6 Å². The first-order chi connectivity index (χ1) is 11.1. The minimum atomic E-state index is -0.648. The number of hydrogen-bond donors (Lipinski definition) is 0. The van der Waals surface area contributed by atoms with Crippen LogP contribution in [0.5, 0.6) is 0 Å². The number of benzene rings is 2. The van der Waals surface area contributed by atoms with Crippen molar-refractivity contribution in [1.82, 2.24) is 0 Å². The highest BCUT2D eigenvalue weighted by Gasteiger charge is 2.38. The first-order valence-corrected chi connectivity index (χ1v) is 7.87. The minimum absolute atomic E-state index is 0.0852. The van der Waals surface area contributed by atoms with E-state index < -0.39 is 5.92 Å². The molecule has 2 aromatic carbocycles. The number of aliphatic imine (C=N–C) groups is 1. The summed E-state index contributed by atoms with van der Waals surface area (Å²) in [6.45, 7) is 3.99. The molecule has 116 valence electrons. The average molecular weight is 305 g/mol. The van der Waals surface area contributed by atoms with Crippen LogP contribution in [-0.2, 0) is 0 Å². The van der Waals surface area contributed by atoms with Crippen LogP contribution in [0.15, 0.2) is 59.6 Å². The molecule has 0 unspecified atom stereocenters. The zero-order chi connectivity index (χ0) is 16.4. The molecular formula is C20H19NO2. The quantitative estimate of drug-likeness (QED) is 0.634. The van der Waals surface area contributed by atoms with Gasteiger partial charge in [-0.2, -0.15) is 0 Å². The second-order valence-corrected chi connectivity index (χ2v) is 6.07. The highest BCUT2D eigenvalue weighted by molar-refractivity contribution is 6.28. The molecule has 0 aliphatic heterocycles. The number of carbonyl (C=O) groups is 2. The van der Waals surface area contributed by atoms with E-state index in [-0.39, 0.29) is 17.6 Å². The van der Waals surface area contributed by atoms with Crippen LogP contribution in [0.2, 0.25) is 0 Å². The lowest BCUT2D eigenvalue weighted by Crippen LogP contribution is -2.21. The number of rotatable bonds is 4. The van der Waals surface area contributed by atoms with Gasteiger partial charge in [0.25, 0.3) is 0 Å². The fraction of sp³-hybridized carbons (Fsp3) is 0.250. The summed E-state index contributed by atoms with van der Waals surface area (Å²) in [5.41, 5.74) is 2.87. The smallest absolute Gasteiger partial charge is 0.174 e. The first-order valence-electron chi connectivity index (χ1n) is 7.87. The van der Waals surface area contributed by atoms with Crippen LogP contribution in [0.25, 0.3) is 0 Å². The van der Waals surface area contributed by atoms with Gasteiger partial charge in [-0.15, -0.1) is 0 Å². The number of nitrogens with zero attached hydrogens (tertiary/aromatic N) is 1. The third kappa shape index (κ3) is 3.00. The molecule has 0 atom stereocenters. The van der Waals surface area contributed by atoms with Crippen molar-refractivity contribution >= 4 is 17.3 Å². The fourth-order valence-electron chi connectivity index (χ4n) is 2.97. The van der Waals surface area contributed by atoms with Crippen molar-refractivity contribution in [2.45, 2.75) is 26.3 Å². The fourth-order valence-corrected chi connectivity index (χ4v) is 2.97. The molecule has 0 aromatic heterocycles. The molecule has 0 spiro atoms. The van der Waals surface area contributed by atoms with E-state index in [1.807, 2.05) is 44.2 Å². The molecule has 3 nitrogen and oxygen atoms in total. The molecule has 1 aliphatic rings. The molecule has 23 heavy (non-hydrogen) atoms. The Bertz CT molecular complexity index is 740. The lowest BCUT2D eigenvalue weighted by atomic mass is 9.93. The Morgan fingerprint density at radius 3 is 1.96 bits per heavy atom. The van der Waals surface area contributed by atoms with Crippen LogP contribution in [0.3, 0.4) is 0 Å². The molecule has 0 radical (unpaired) electrons. The van der Waals surface area contributed by atoms with Crippen LogP contribution in [0.1, 0.15) is 46.5 Å². The van der Waals surface area contributed by atoms with Gasteiger partial charge >= 0.3 is 0 Å². The maximum absolute atomic E-state index is 12.6. The summed E-state index contributed by atoms with van der Waals surface area (Å²) in [5, 5.41) is 0. The zero-order valence-electron chi connectivity index (χ0n) is 13.3. The van der Waals surface area contributed by atoms with Crippen molar-refractivity contribution in [3.05, 3.63) is 71.3 Å². The van der Waals surface area contributed by atoms with Crippen molar-refractivity contribution in [2.75, 3.05) is 0 Å². The van der Waals surface area contributed by atoms with Crippen molar-refractivity contribution in [3.63, 3.8) is 0 Å².